The van der Waals surface area contributed by atoms with E-state index in [9.17, 15) is 9.59 Å². The largest absolute Gasteiger partial charge is 0.359 e. The number of hydrogen-bond donors (Lipinski definition) is 1. The smallest absolute Gasteiger partial charge is 0.276 e. The van der Waals surface area contributed by atoms with Gasteiger partial charge in [0.2, 0.25) is 5.91 Å². The number of carbonyl (C=O) groups is 2. The van der Waals surface area contributed by atoms with Gasteiger partial charge >= 0.3 is 0 Å². The number of aromatic nitrogens is 1. The number of likely N-dealkylation sites (N-methyl/N-ethyl adjacent to an activating group) is 1. The summed E-state index contributed by atoms with van der Waals surface area (Å²) in [4.78, 5) is 27.8. The van der Waals surface area contributed by atoms with Gasteiger partial charge in [0, 0.05) is 18.8 Å². The van der Waals surface area contributed by atoms with E-state index >= 15 is 0 Å². The number of nitrogens with zero attached hydrogens (tertiary/aromatic N) is 3. The first-order valence-electron chi connectivity index (χ1n) is 7.99. The molecule has 0 atom stereocenters. The fraction of sp³-hybridized carbons (Fsp3) is 0.389. The van der Waals surface area contributed by atoms with Gasteiger partial charge in [0.15, 0.2) is 11.5 Å². The van der Waals surface area contributed by atoms with Gasteiger partial charge in [-0.05, 0) is 45.1 Å². The molecule has 7 nitrogen and oxygen atoms in total. The van der Waals surface area contributed by atoms with Crippen molar-refractivity contribution in [3.05, 3.63) is 46.8 Å². The van der Waals surface area contributed by atoms with Crippen LogP contribution in [0.2, 0.25) is 0 Å². The Morgan fingerprint density at radius 3 is 2.60 bits per heavy atom. The van der Waals surface area contributed by atoms with Crippen molar-refractivity contribution in [2.45, 2.75) is 20.4 Å². The number of amides is 2. The maximum absolute atomic E-state index is 12.4. The lowest BCUT2D eigenvalue weighted by molar-refractivity contribution is -0.116. The number of carbonyl (C=O) groups excluding carboxylic acids is 2. The average molecular weight is 344 g/mol. The molecule has 1 N–H and O–H groups in total. The summed E-state index contributed by atoms with van der Waals surface area (Å²) in [6.07, 6.45) is 0. The fourth-order valence-corrected chi connectivity index (χ4v) is 2.36. The highest BCUT2D eigenvalue weighted by Gasteiger charge is 2.19. The maximum atomic E-state index is 12.4. The molecule has 0 unspecified atom stereocenters. The van der Waals surface area contributed by atoms with Gasteiger partial charge in [-0.1, -0.05) is 17.3 Å². The molecule has 0 aliphatic carbocycles. The molecule has 0 spiro atoms. The molecule has 0 aliphatic rings. The van der Waals surface area contributed by atoms with Crippen LogP contribution in [0, 0.1) is 13.8 Å². The third-order valence-corrected chi connectivity index (χ3v) is 3.86. The SMILES string of the molecule is Cc1cccc(NC(=O)CN(C)C(=O)c2cc(CN(C)C)on2)c1C. The van der Waals surface area contributed by atoms with Crippen LogP contribution in [0.1, 0.15) is 27.4 Å². The number of nitrogens with one attached hydrogen (secondary N) is 1. The van der Waals surface area contributed by atoms with Gasteiger partial charge in [0.25, 0.3) is 5.91 Å². The second kappa shape index (κ2) is 7.94. The molecule has 2 rings (SSSR count). The first-order valence-corrected chi connectivity index (χ1v) is 7.99. The van der Waals surface area contributed by atoms with Crippen molar-refractivity contribution in [3.8, 4) is 0 Å². The topological polar surface area (TPSA) is 78.7 Å². The van der Waals surface area contributed by atoms with E-state index in [0.29, 0.717) is 12.3 Å². The number of aryl methyl sites for hydroxylation is 1. The van der Waals surface area contributed by atoms with Gasteiger partial charge in [-0.3, -0.25) is 9.59 Å². The van der Waals surface area contributed by atoms with Crippen LogP contribution < -0.4 is 5.32 Å². The molecule has 0 saturated carbocycles. The molecular weight excluding hydrogens is 320 g/mol. The summed E-state index contributed by atoms with van der Waals surface area (Å²) in [6, 6.07) is 7.31. The summed E-state index contributed by atoms with van der Waals surface area (Å²) in [7, 11) is 5.35. The van der Waals surface area contributed by atoms with E-state index in [4.69, 9.17) is 4.52 Å². The van der Waals surface area contributed by atoms with E-state index in [-0.39, 0.29) is 24.1 Å². The van der Waals surface area contributed by atoms with Gasteiger partial charge in [-0.15, -0.1) is 0 Å². The lowest BCUT2D eigenvalue weighted by Crippen LogP contribution is -2.35. The van der Waals surface area contributed by atoms with Crippen molar-refractivity contribution >= 4 is 17.5 Å². The standard InChI is InChI=1S/C18H24N4O3/c1-12-7-6-8-15(13(12)2)19-17(23)11-22(5)18(24)16-9-14(25-20-16)10-21(3)4/h6-9H,10-11H2,1-5H3,(H,19,23). The van der Waals surface area contributed by atoms with E-state index in [0.717, 1.165) is 16.8 Å². The highest BCUT2D eigenvalue weighted by molar-refractivity contribution is 5.98. The van der Waals surface area contributed by atoms with E-state index in [1.54, 1.807) is 13.1 Å². The van der Waals surface area contributed by atoms with Gasteiger partial charge in [0.05, 0.1) is 13.1 Å². The summed E-state index contributed by atoms with van der Waals surface area (Å²) in [5.41, 5.74) is 3.05. The molecule has 2 aromatic rings. The molecular formula is C18H24N4O3. The zero-order valence-corrected chi connectivity index (χ0v) is 15.3. The lowest BCUT2D eigenvalue weighted by atomic mass is 10.1. The molecule has 0 bridgehead atoms. The van der Waals surface area contributed by atoms with Crippen LogP contribution in [0.25, 0.3) is 0 Å². The number of rotatable bonds is 6. The van der Waals surface area contributed by atoms with E-state index in [1.165, 1.54) is 4.90 Å². The van der Waals surface area contributed by atoms with Crippen molar-refractivity contribution in [2.75, 3.05) is 33.0 Å². The fourth-order valence-electron chi connectivity index (χ4n) is 2.36. The van der Waals surface area contributed by atoms with Gasteiger partial charge in [0.1, 0.15) is 0 Å². The molecule has 1 aromatic heterocycles. The summed E-state index contributed by atoms with van der Waals surface area (Å²) in [5.74, 6) is -0.0204. The number of anilines is 1. The third-order valence-electron chi connectivity index (χ3n) is 3.86. The van der Waals surface area contributed by atoms with Crippen molar-refractivity contribution in [1.29, 1.82) is 0 Å². The van der Waals surface area contributed by atoms with Crippen LogP contribution in [0.4, 0.5) is 5.69 Å². The molecule has 2 amide bonds. The van der Waals surface area contributed by atoms with Crippen molar-refractivity contribution in [3.63, 3.8) is 0 Å². The second-order valence-corrected chi connectivity index (χ2v) is 6.37. The highest BCUT2D eigenvalue weighted by Crippen LogP contribution is 2.18. The van der Waals surface area contributed by atoms with Crippen molar-refractivity contribution in [1.82, 2.24) is 15.0 Å². The Morgan fingerprint density at radius 1 is 1.20 bits per heavy atom. The Bertz CT molecular complexity index is 767. The zero-order chi connectivity index (χ0) is 18.6. The normalized spacial score (nSPS) is 10.8. The summed E-state index contributed by atoms with van der Waals surface area (Å²) in [6.45, 7) is 4.41. The molecule has 0 fully saturated rings. The van der Waals surface area contributed by atoms with Crippen molar-refractivity contribution < 1.29 is 14.1 Å². The molecule has 0 saturated heterocycles. The minimum absolute atomic E-state index is 0.0674. The predicted octanol–water partition coefficient (Wildman–Crippen LogP) is 2.06. The first kappa shape index (κ1) is 18.7. The monoisotopic (exact) mass is 344 g/mol. The van der Waals surface area contributed by atoms with Gasteiger partial charge in [-0.25, -0.2) is 0 Å². The minimum Gasteiger partial charge on any atom is -0.359 e. The van der Waals surface area contributed by atoms with Gasteiger partial charge < -0.3 is 19.6 Å². The molecule has 1 aromatic carbocycles. The van der Waals surface area contributed by atoms with Crippen LogP contribution in [-0.4, -0.2) is 54.5 Å². The first-order chi connectivity index (χ1) is 11.8. The Balaban J connectivity index is 1.97. The van der Waals surface area contributed by atoms with Crippen LogP contribution >= 0.6 is 0 Å². The van der Waals surface area contributed by atoms with E-state index in [2.05, 4.69) is 10.5 Å². The summed E-state index contributed by atoms with van der Waals surface area (Å²) in [5, 5.41) is 6.62. The average Bonchev–Trinajstić information content (AvgIpc) is 2.98. The molecule has 134 valence electrons. The maximum Gasteiger partial charge on any atom is 0.276 e. The Hall–Kier alpha value is -2.67. The van der Waals surface area contributed by atoms with E-state index in [1.807, 2.05) is 51.0 Å². The zero-order valence-electron chi connectivity index (χ0n) is 15.3. The predicted molar refractivity (Wildman–Crippen MR) is 95.4 cm³/mol. The van der Waals surface area contributed by atoms with Crippen LogP contribution in [0.15, 0.2) is 28.8 Å². The second-order valence-electron chi connectivity index (χ2n) is 6.37. The quantitative estimate of drug-likeness (QED) is 0.868. The summed E-state index contributed by atoms with van der Waals surface area (Å²) >= 11 is 0. The lowest BCUT2D eigenvalue weighted by Gasteiger charge is -2.16. The number of benzene rings is 1. The highest BCUT2D eigenvalue weighted by atomic mass is 16.5. The summed E-state index contributed by atoms with van der Waals surface area (Å²) < 4.78 is 5.14. The molecule has 0 aliphatic heterocycles. The number of hydrogen-bond acceptors (Lipinski definition) is 5. The van der Waals surface area contributed by atoms with E-state index < -0.39 is 0 Å². The van der Waals surface area contributed by atoms with Crippen molar-refractivity contribution in [2.24, 2.45) is 0 Å². The Labute approximate surface area is 147 Å². The van der Waals surface area contributed by atoms with Gasteiger partial charge in [-0.2, -0.15) is 0 Å². The molecule has 25 heavy (non-hydrogen) atoms. The third kappa shape index (κ3) is 4.90. The molecule has 7 heteroatoms. The minimum atomic E-state index is -0.357. The van der Waals surface area contributed by atoms with Crippen LogP contribution in [0.5, 0.6) is 0 Å². The Morgan fingerprint density at radius 2 is 1.92 bits per heavy atom. The Kier molecular flexibility index (Phi) is 5.93. The molecule has 1 heterocycles. The van der Waals surface area contributed by atoms with Crippen LogP contribution in [-0.2, 0) is 11.3 Å². The van der Waals surface area contributed by atoms with Crippen LogP contribution in [0.3, 0.4) is 0 Å². The molecule has 0 radical (unpaired) electrons.